The summed E-state index contributed by atoms with van der Waals surface area (Å²) in [6.45, 7) is 20.2. The van der Waals surface area contributed by atoms with Crippen LogP contribution in [0.5, 0.6) is 0 Å². The largest absolute Gasteiger partial charge is 0.372 e. The van der Waals surface area contributed by atoms with Crippen molar-refractivity contribution in [3.05, 3.63) is 42.0 Å². The first-order chi connectivity index (χ1) is 22.1. The summed E-state index contributed by atoms with van der Waals surface area (Å²) in [5.74, 6) is -2.92. The van der Waals surface area contributed by atoms with Crippen molar-refractivity contribution >= 4 is 41.0 Å². The summed E-state index contributed by atoms with van der Waals surface area (Å²) in [4.78, 5) is 76.6. The Morgan fingerprint density at radius 1 is 0.854 bits per heavy atom. The van der Waals surface area contributed by atoms with Crippen molar-refractivity contribution in [3.63, 3.8) is 0 Å². The fourth-order valence-electron chi connectivity index (χ4n) is 4.62. The van der Waals surface area contributed by atoms with Crippen LogP contribution in [-0.4, -0.2) is 90.9 Å². The lowest BCUT2D eigenvalue weighted by Gasteiger charge is -2.31. The number of nitrogens with zero attached hydrogens (tertiary/aromatic N) is 2. The third-order valence-electron chi connectivity index (χ3n) is 7.65. The minimum Gasteiger partial charge on any atom is -0.372 e. The third kappa shape index (κ3) is 15.6. The average molecular weight is 671 g/mol. The Balaban J connectivity index is 0.00000175. The molecule has 12 nitrogen and oxygen atoms in total. The first-order valence-electron chi connectivity index (χ1n) is 16.5. The fraction of sp³-hybridized carbons (Fsp3) is 0.611. The summed E-state index contributed by atoms with van der Waals surface area (Å²) >= 11 is 0. The van der Waals surface area contributed by atoms with Gasteiger partial charge in [-0.1, -0.05) is 72.4 Å². The van der Waals surface area contributed by atoms with Gasteiger partial charge in [-0.05, 0) is 48.1 Å². The Hall–Kier alpha value is -4.22. The van der Waals surface area contributed by atoms with Gasteiger partial charge in [0.2, 0.25) is 29.4 Å². The number of benzene rings is 1. The molecule has 48 heavy (non-hydrogen) atoms. The summed E-state index contributed by atoms with van der Waals surface area (Å²) in [7, 11) is 3.45. The SMILES string of the molecule is C=C(c1ccc(CNC(=O)C(=O)C(C)NC(=O)CNC(=O)C(NC(=O)CC(C)(C)C)C(C)(C)C)cc1)N1CCCCC1.CC(=O)N(C)C. The van der Waals surface area contributed by atoms with Crippen molar-refractivity contribution in [2.45, 2.75) is 99.7 Å². The number of likely N-dealkylation sites (tertiary alicyclic amines) is 1. The minimum absolute atomic E-state index is 0.0926. The number of carbonyl (C=O) groups is 6. The second-order valence-corrected chi connectivity index (χ2v) is 14.8. The minimum atomic E-state index is -1.09. The maximum Gasteiger partial charge on any atom is 0.289 e. The second-order valence-electron chi connectivity index (χ2n) is 14.8. The smallest absolute Gasteiger partial charge is 0.289 e. The molecule has 12 heteroatoms. The normalized spacial score (nSPS) is 14.2. The van der Waals surface area contributed by atoms with E-state index in [0.29, 0.717) is 0 Å². The van der Waals surface area contributed by atoms with E-state index in [1.54, 1.807) is 14.1 Å². The van der Waals surface area contributed by atoms with Crippen LogP contribution in [0.4, 0.5) is 0 Å². The molecule has 1 aromatic rings. The molecule has 0 bridgehead atoms. The Labute approximate surface area is 286 Å². The summed E-state index contributed by atoms with van der Waals surface area (Å²) in [6.07, 6.45) is 3.82. The number of hydrogen-bond donors (Lipinski definition) is 4. The van der Waals surface area contributed by atoms with Crippen molar-refractivity contribution in [3.8, 4) is 0 Å². The van der Waals surface area contributed by atoms with E-state index in [0.717, 1.165) is 29.9 Å². The number of Topliss-reactive ketones (excluding diaryl/α,β-unsaturated/α-hetero) is 1. The number of amides is 5. The van der Waals surface area contributed by atoms with Crippen LogP contribution in [0, 0.1) is 10.8 Å². The fourth-order valence-corrected chi connectivity index (χ4v) is 4.62. The number of nitrogens with one attached hydrogen (secondary N) is 4. The topological polar surface area (TPSA) is 157 Å². The predicted molar refractivity (Wildman–Crippen MR) is 188 cm³/mol. The van der Waals surface area contributed by atoms with Crippen LogP contribution >= 0.6 is 0 Å². The van der Waals surface area contributed by atoms with Gasteiger partial charge in [0.1, 0.15) is 6.04 Å². The molecule has 2 unspecified atom stereocenters. The maximum absolute atomic E-state index is 12.8. The lowest BCUT2D eigenvalue weighted by atomic mass is 9.85. The van der Waals surface area contributed by atoms with E-state index in [-0.39, 0.29) is 30.2 Å². The van der Waals surface area contributed by atoms with E-state index >= 15 is 0 Å². The Bertz CT molecular complexity index is 1290. The van der Waals surface area contributed by atoms with Crippen LogP contribution in [0.25, 0.3) is 5.70 Å². The number of carbonyl (C=O) groups excluding carboxylic acids is 6. The monoisotopic (exact) mass is 670 g/mol. The van der Waals surface area contributed by atoms with Gasteiger partial charge in [-0.3, -0.25) is 28.8 Å². The van der Waals surface area contributed by atoms with Gasteiger partial charge in [0, 0.05) is 52.8 Å². The van der Waals surface area contributed by atoms with E-state index in [9.17, 15) is 28.8 Å². The van der Waals surface area contributed by atoms with E-state index in [2.05, 4.69) is 32.7 Å². The molecule has 1 aromatic carbocycles. The van der Waals surface area contributed by atoms with Crippen molar-refractivity contribution in [2.24, 2.45) is 10.8 Å². The number of rotatable bonds is 12. The molecule has 0 saturated carbocycles. The molecular formula is C36H58N6O6. The Morgan fingerprint density at radius 2 is 1.40 bits per heavy atom. The lowest BCUT2D eigenvalue weighted by molar-refractivity contribution is -0.140. The summed E-state index contributed by atoms with van der Waals surface area (Å²) in [5, 5.41) is 10.3. The van der Waals surface area contributed by atoms with Gasteiger partial charge in [0.25, 0.3) is 5.91 Å². The first kappa shape index (κ1) is 41.8. The van der Waals surface area contributed by atoms with Crippen LogP contribution in [-0.2, 0) is 35.3 Å². The number of hydrogen-bond acceptors (Lipinski definition) is 7. The molecule has 1 fully saturated rings. The van der Waals surface area contributed by atoms with Crippen molar-refractivity contribution in [2.75, 3.05) is 33.7 Å². The molecule has 5 amide bonds. The highest BCUT2D eigenvalue weighted by Gasteiger charge is 2.34. The molecule has 2 rings (SSSR count). The van der Waals surface area contributed by atoms with Crippen molar-refractivity contribution < 1.29 is 28.8 Å². The highest BCUT2D eigenvalue weighted by Crippen LogP contribution is 2.23. The van der Waals surface area contributed by atoms with Crippen LogP contribution in [0.15, 0.2) is 30.8 Å². The third-order valence-corrected chi connectivity index (χ3v) is 7.65. The highest BCUT2D eigenvalue weighted by atomic mass is 16.2. The summed E-state index contributed by atoms with van der Waals surface area (Å²) < 4.78 is 0. The van der Waals surface area contributed by atoms with E-state index < -0.39 is 47.5 Å². The molecule has 1 heterocycles. The number of piperidine rings is 1. The van der Waals surface area contributed by atoms with Gasteiger partial charge >= 0.3 is 0 Å². The Morgan fingerprint density at radius 3 is 1.88 bits per heavy atom. The van der Waals surface area contributed by atoms with Gasteiger partial charge in [-0.2, -0.15) is 0 Å². The van der Waals surface area contributed by atoms with E-state index in [4.69, 9.17) is 0 Å². The second kappa shape index (κ2) is 18.9. The number of ketones is 1. The zero-order chi connectivity index (χ0) is 36.8. The molecule has 1 aliphatic heterocycles. The summed E-state index contributed by atoms with van der Waals surface area (Å²) in [5.41, 5.74) is 1.99. The molecule has 268 valence electrons. The highest BCUT2D eigenvalue weighted by molar-refractivity contribution is 6.38. The molecule has 2 atom stereocenters. The molecule has 1 saturated heterocycles. The van der Waals surface area contributed by atoms with Crippen LogP contribution in [0.3, 0.4) is 0 Å². The van der Waals surface area contributed by atoms with E-state index in [1.807, 2.05) is 65.8 Å². The quantitative estimate of drug-likeness (QED) is 0.249. The average Bonchev–Trinajstić information content (AvgIpc) is 3.00. The lowest BCUT2D eigenvalue weighted by Crippen LogP contribution is -2.55. The standard InChI is InChI=1S/C32H49N5O5.C4H9NO/c1-21(35-26(39)20-34-30(42)28(32(6,7)8)36-25(38)18-31(3,4)5)27(40)29(41)33-19-23-12-14-24(15-13-23)22(2)37-16-10-9-11-17-37;1-4(6)5(2)3/h12-15,21,28H,2,9-11,16-20H2,1,3-8H3,(H,33,41)(H,34,42)(H,35,39)(H,36,38);1-3H3. The summed E-state index contributed by atoms with van der Waals surface area (Å²) in [6, 6.07) is 5.74. The van der Waals surface area contributed by atoms with E-state index in [1.165, 1.54) is 38.0 Å². The molecule has 0 aliphatic carbocycles. The van der Waals surface area contributed by atoms with Gasteiger partial charge in [0.05, 0.1) is 12.6 Å². The molecule has 0 aromatic heterocycles. The van der Waals surface area contributed by atoms with Gasteiger partial charge in [-0.25, -0.2) is 0 Å². The molecular weight excluding hydrogens is 612 g/mol. The maximum atomic E-state index is 12.8. The predicted octanol–water partition coefficient (Wildman–Crippen LogP) is 3.01. The molecule has 0 spiro atoms. The molecule has 4 N–H and O–H groups in total. The van der Waals surface area contributed by atoms with Crippen LogP contribution in [0.1, 0.15) is 92.2 Å². The molecule has 0 radical (unpaired) electrons. The van der Waals surface area contributed by atoms with Gasteiger partial charge < -0.3 is 31.1 Å². The zero-order valence-corrected chi connectivity index (χ0v) is 30.7. The Kier molecular flexibility index (Phi) is 16.5. The molecule has 1 aliphatic rings. The zero-order valence-electron chi connectivity index (χ0n) is 30.7. The van der Waals surface area contributed by atoms with Crippen LogP contribution in [0.2, 0.25) is 0 Å². The van der Waals surface area contributed by atoms with Crippen molar-refractivity contribution in [1.82, 2.24) is 31.1 Å². The first-order valence-corrected chi connectivity index (χ1v) is 16.5. The van der Waals surface area contributed by atoms with Crippen LogP contribution < -0.4 is 21.3 Å². The van der Waals surface area contributed by atoms with Gasteiger partial charge in [-0.15, -0.1) is 0 Å². The van der Waals surface area contributed by atoms with Gasteiger partial charge in [0.15, 0.2) is 0 Å². The van der Waals surface area contributed by atoms with Crippen molar-refractivity contribution in [1.29, 1.82) is 0 Å².